The number of ether oxygens (including phenoxy) is 1. The van der Waals surface area contributed by atoms with E-state index in [0.717, 1.165) is 21.8 Å². The molecule has 1 amide bonds. The zero-order valence-corrected chi connectivity index (χ0v) is 15.8. The highest BCUT2D eigenvalue weighted by Gasteiger charge is 2.15. The fraction of sp³-hybridized carbons (Fsp3) is 0.211. The summed E-state index contributed by atoms with van der Waals surface area (Å²) in [5.74, 6) is 1.80. The van der Waals surface area contributed by atoms with Crippen LogP contribution < -0.4 is 10.1 Å². The maximum absolute atomic E-state index is 11.4. The fourth-order valence-corrected chi connectivity index (χ4v) is 3.77. The number of amides is 1. The van der Waals surface area contributed by atoms with Gasteiger partial charge in [-0.2, -0.15) is 0 Å². The topological polar surface area (TPSA) is 77.2 Å². The van der Waals surface area contributed by atoms with Gasteiger partial charge < -0.3 is 14.5 Å². The number of aryl methyl sites for hydroxylation is 1. The number of thioether (sulfide) groups is 1. The first-order valence-corrected chi connectivity index (χ1v) is 9.78. The Labute approximate surface area is 165 Å². The quantitative estimate of drug-likeness (QED) is 0.613. The van der Waals surface area contributed by atoms with E-state index in [2.05, 4.69) is 15.5 Å². The first-order chi connectivity index (χ1) is 13.2. The first kappa shape index (κ1) is 17.9. The molecule has 0 radical (unpaired) electrons. The Morgan fingerprint density at radius 1 is 1.19 bits per heavy atom. The Morgan fingerprint density at radius 2 is 2.07 bits per heavy atom. The number of rotatable bonds is 6. The van der Waals surface area contributed by atoms with Crippen molar-refractivity contribution in [1.82, 2.24) is 10.2 Å². The van der Waals surface area contributed by atoms with Crippen molar-refractivity contribution in [3.05, 3.63) is 64.5 Å². The highest BCUT2D eigenvalue weighted by atomic mass is 35.5. The number of nitrogens with zero attached hydrogens (tertiary/aromatic N) is 2. The van der Waals surface area contributed by atoms with Crippen molar-refractivity contribution < 1.29 is 13.9 Å². The molecule has 1 aromatic heterocycles. The van der Waals surface area contributed by atoms with Crippen LogP contribution in [-0.4, -0.2) is 16.1 Å². The number of anilines is 1. The van der Waals surface area contributed by atoms with Gasteiger partial charge in [0.15, 0.2) is 6.61 Å². The Morgan fingerprint density at radius 3 is 2.96 bits per heavy atom. The number of halogens is 1. The largest absolute Gasteiger partial charge is 0.484 e. The van der Waals surface area contributed by atoms with E-state index < -0.39 is 0 Å². The van der Waals surface area contributed by atoms with Gasteiger partial charge in [-0.15, -0.1) is 10.2 Å². The van der Waals surface area contributed by atoms with E-state index in [1.54, 1.807) is 0 Å². The standard InChI is InChI=1S/C19H16ClN3O3S/c20-15-4-2-1-3-13(15)11-27-19-23-22-18(26-19)10-25-14-6-7-16-12(9-14)5-8-17(24)21-16/h1-4,6-7,9H,5,8,10-11H2,(H,21,24). The molecule has 8 heteroatoms. The molecule has 1 N–H and O–H groups in total. The molecule has 4 rings (SSSR count). The van der Waals surface area contributed by atoms with E-state index >= 15 is 0 Å². The van der Waals surface area contributed by atoms with Crippen molar-refractivity contribution >= 4 is 35.0 Å². The molecule has 0 saturated heterocycles. The van der Waals surface area contributed by atoms with Crippen molar-refractivity contribution in [2.24, 2.45) is 0 Å². The van der Waals surface area contributed by atoms with E-state index in [1.807, 2.05) is 42.5 Å². The molecule has 1 aliphatic rings. The number of benzene rings is 2. The molecule has 0 spiro atoms. The third kappa shape index (κ3) is 4.43. The molecule has 2 aromatic carbocycles. The van der Waals surface area contributed by atoms with Crippen molar-refractivity contribution in [3.8, 4) is 5.75 Å². The molecule has 2 heterocycles. The lowest BCUT2D eigenvalue weighted by Gasteiger charge is -2.17. The molecule has 1 aliphatic heterocycles. The molecule has 0 atom stereocenters. The summed E-state index contributed by atoms with van der Waals surface area (Å²) >= 11 is 7.58. The van der Waals surface area contributed by atoms with Crippen molar-refractivity contribution in [2.45, 2.75) is 30.4 Å². The molecular formula is C19H16ClN3O3S. The van der Waals surface area contributed by atoms with Crippen LogP contribution in [0.15, 0.2) is 52.1 Å². The second-order valence-corrected chi connectivity index (χ2v) is 7.33. The maximum Gasteiger partial charge on any atom is 0.277 e. The van der Waals surface area contributed by atoms with Crippen LogP contribution in [0.1, 0.15) is 23.4 Å². The Balaban J connectivity index is 1.33. The summed E-state index contributed by atoms with van der Waals surface area (Å²) < 4.78 is 11.4. The van der Waals surface area contributed by atoms with E-state index in [1.165, 1.54) is 11.8 Å². The number of carbonyl (C=O) groups excluding carboxylic acids is 1. The summed E-state index contributed by atoms with van der Waals surface area (Å²) in [4.78, 5) is 11.4. The van der Waals surface area contributed by atoms with Crippen LogP contribution >= 0.6 is 23.4 Å². The lowest BCUT2D eigenvalue weighted by atomic mass is 10.0. The van der Waals surface area contributed by atoms with Gasteiger partial charge in [-0.05, 0) is 41.8 Å². The number of hydrogen-bond acceptors (Lipinski definition) is 6. The van der Waals surface area contributed by atoms with E-state index in [4.69, 9.17) is 20.8 Å². The van der Waals surface area contributed by atoms with Gasteiger partial charge >= 0.3 is 0 Å². The monoisotopic (exact) mass is 401 g/mol. The normalized spacial score (nSPS) is 13.1. The molecule has 0 aliphatic carbocycles. The third-order valence-corrected chi connectivity index (χ3v) is 5.33. The van der Waals surface area contributed by atoms with Gasteiger partial charge in [0.2, 0.25) is 5.91 Å². The molecule has 0 fully saturated rings. The average molecular weight is 402 g/mol. The third-order valence-electron chi connectivity index (χ3n) is 4.09. The van der Waals surface area contributed by atoms with Crippen LogP contribution in [0.25, 0.3) is 0 Å². The fourth-order valence-electron chi connectivity index (χ4n) is 2.70. The number of hydrogen-bond donors (Lipinski definition) is 1. The Kier molecular flexibility index (Phi) is 5.31. The average Bonchev–Trinajstić information content (AvgIpc) is 3.13. The molecule has 0 bridgehead atoms. The minimum Gasteiger partial charge on any atom is -0.484 e. The Hall–Kier alpha value is -2.51. The number of aromatic nitrogens is 2. The van der Waals surface area contributed by atoms with E-state index in [-0.39, 0.29) is 12.5 Å². The Bertz CT molecular complexity index is 976. The van der Waals surface area contributed by atoms with Crippen LogP contribution in [0.5, 0.6) is 5.75 Å². The molecule has 138 valence electrons. The zero-order valence-electron chi connectivity index (χ0n) is 14.3. The van der Waals surface area contributed by atoms with Crippen molar-refractivity contribution in [1.29, 1.82) is 0 Å². The van der Waals surface area contributed by atoms with Crippen LogP contribution in [-0.2, 0) is 23.6 Å². The summed E-state index contributed by atoms with van der Waals surface area (Å²) in [6.45, 7) is 0.185. The highest BCUT2D eigenvalue weighted by Crippen LogP contribution is 2.28. The van der Waals surface area contributed by atoms with Crippen LogP contribution in [0.2, 0.25) is 5.02 Å². The number of nitrogens with one attached hydrogen (secondary N) is 1. The van der Waals surface area contributed by atoms with Crippen molar-refractivity contribution in [3.63, 3.8) is 0 Å². The summed E-state index contributed by atoms with van der Waals surface area (Å²) in [5.41, 5.74) is 2.92. The summed E-state index contributed by atoms with van der Waals surface area (Å²) in [5, 5.41) is 12.1. The minimum atomic E-state index is 0.0452. The predicted molar refractivity (Wildman–Crippen MR) is 103 cm³/mol. The molecule has 3 aromatic rings. The lowest BCUT2D eigenvalue weighted by Crippen LogP contribution is -2.18. The van der Waals surface area contributed by atoms with Gasteiger partial charge in [0.05, 0.1) is 0 Å². The van der Waals surface area contributed by atoms with Crippen molar-refractivity contribution in [2.75, 3.05) is 5.32 Å². The van der Waals surface area contributed by atoms with Gasteiger partial charge in [-0.25, -0.2) is 0 Å². The summed E-state index contributed by atoms with van der Waals surface area (Å²) in [6, 6.07) is 13.3. The molecular weight excluding hydrogens is 386 g/mol. The summed E-state index contributed by atoms with van der Waals surface area (Å²) in [7, 11) is 0. The molecule has 6 nitrogen and oxygen atoms in total. The second kappa shape index (κ2) is 8.02. The zero-order chi connectivity index (χ0) is 18.6. The number of carbonyl (C=O) groups is 1. The first-order valence-electron chi connectivity index (χ1n) is 8.41. The second-order valence-electron chi connectivity index (χ2n) is 6.00. The van der Waals surface area contributed by atoms with Gasteiger partial charge in [-0.3, -0.25) is 4.79 Å². The van der Waals surface area contributed by atoms with Gasteiger partial charge in [0, 0.05) is 22.9 Å². The predicted octanol–water partition coefficient (Wildman–Crippen LogP) is 4.48. The minimum absolute atomic E-state index is 0.0452. The van der Waals surface area contributed by atoms with Gasteiger partial charge in [0.1, 0.15) is 5.75 Å². The highest BCUT2D eigenvalue weighted by molar-refractivity contribution is 7.98. The molecule has 27 heavy (non-hydrogen) atoms. The smallest absolute Gasteiger partial charge is 0.277 e. The number of fused-ring (bicyclic) bond motifs is 1. The molecule has 0 unspecified atom stereocenters. The SMILES string of the molecule is O=C1CCc2cc(OCc3nnc(SCc4ccccc4Cl)o3)ccc2N1. The molecule has 0 saturated carbocycles. The van der Waals surface area contributed by atoms with Crippen LogP contribution in [0.4, 0.5) is 5.69 Å². The van der Waals surface area contributed by atoms with E-state index in [9.17, 15) is 4.79 Å². The maximum atomic E-state index is 11.4. The summed E-state index contributed by atoms with van der Waals surface area (Å²) in [6.07, 6.45) is 1.20. The lowest BCUT2D eigenvalue weighted by molar-refractivity contribution is -0.116. The van der Waals surface area contributed by atoms with E-state index in [0.29, 0.717) is 35.5 Å². The van der Waals surface area contributed by atoms with Crippen LogP contribution in [0.3, 0.4) is 0 Å². The van der Waals surface area contributed by atoms with Crippen LogP contribution in [0, 0.1) is 0 Å². The van der Waals surface area contributed by atoms with Gasteiger partial charge in [0.25, 0.3) is 11.1 Å². The van der Waals surface area contributed by atoms with Gasteiger partial charge in [-0.1, -0.05) is 41.6 Å².